The summed E-state index contributed by atoms with van der Waals surface area (Å²) in [5.74, 6) is 5.94. The molecule has 21 heavy (non-hydrogen) atoms. The minimum Gasteiger partial charge on any atom is -0.381 e. The highest BCUT2D eigenvalue weighted by Gasteiger charge is 2.43. The molecule has 2 aromatic rings. The fraction of sp³-hybridized carbons (Fsp3) is 0.375. The summed E-state index contributed by atoms with van der Waals surface area (Å²) in [5, 5.41) is 2.80. The molecule has 1 unspecified atom stereocenters. The molecule has 1 aliphatic heterocycles. The molecule has 1 saturated heterocycles. The zero-order chi connectivity index (χ0) is 14.7. The number of halogens is 1. The molecule has 0 amide bonds. The second-order valence-corrected chi connectivity index (χ2v) is 6.72. The number of nitrogens with two attached hydrogens (primary N) is 1. The number of hydrogen-bond acceptors (Lipinski definition) is 4. The van der Waals surface area contributed by atoms with E-state index in [1.165, 1.54) is 5.56 Å². The third-order valence-corrected chi connectivity index (χ3v) is 5.78. The van der Waals surface area contributed by atoms with Crippen LogP contribution in [0.15, 0.2) is 41.8 Å². The molecule has 1 atom stereocenters. The Labute approximate surface area is 134 Å². The van der Waals surface area contributed by atoms with E-state index in [0.29, 0.717) is 0 Å². The van der Waals surface area contributed by atoms with Gasteiger partial charge in [-0.05, 0) is 29.9 Å². The molecule has 0 aliphatic carbocycles. The first-order valence-electron chi connectivity index (χ1n) is 7.10. The standard InChI is InChI=1S/C16H19ClN2OS/c17-13-6-11-21-14(13)15(19-18)16(7-9-20-10-8-16)12-4-2-1-3-5-12/h1-6,11,15,19H,7-10,18H2. The van der Waals surface area contributed by atoms with Crippen molar-refractivity contribution in [2.45, 2.75) is 24.3 Å². The Morgan fingerprint density at radius 1 is 1.19 bits per heavy atom. The van der Waals surface area contributed by atoms with Crippen molar-refractivity contribution in [1.82, 2.24) is 5.43 Å². The minimum absolute atomic E-state index is 0.00343. The second kappa shape index (κ2) is 6.46. The van der Waals surface area contributed by atoms with E-state index in [2.05, 4.69) is 29.7 Å². The summed E-state index contributed by atoms with van der Waals surface area (Å²) in [6, 6.07) is 12.5. The molecule has 0 saturated carbocycles. The van der Waals surface area contributed by atoms with E-state index in [4.69, 9.17) is 22.2 Å². The summed E-state index contributed by atoms with van der Waals surface area (Å²) in [6.07, 6.45) is 1.86. The molecule has 2 heterocycles. The molecule has 3 rings (SSSR count). The van der Waals surface area contributed by atoms with Crippen molar-refractivity contribution in [2.24, 2.45) is 5.84 Å². The van der Waals surface area contributed by atoms with Gasteiger partial charge in [0.05, 0.1) is 11.1 Å². The molecule has 0 radical (unpaired) electrons. The number of rotatable bonds is 4. The van der Waals surface area contributed by atoms with Gasteiger partial charge in [-0.25, -0.2) is 0 Å². The van der Waals surface area contributed by atoms with Gasteiger partial charge in [-0.1, -0.05) is 41.9 Å². The van der Waals surface area contributed by atoms with Crippen molar-refractivity contribution in [3.8, 4) is 0 Å². The van der Waals surface area contributed by atoms with E-state index in [1.54, 1.807) is 11.3 Å². The van der Waals surface area contributed by atoms with Gasteiger partial charge in [-0.15, -0.1) is 11.3 Å². The molecule has 3 N–H and O–H groups in total. The van der Waals surface area contributed by atoms with E-state index in [0.717, 1.165) is 36.0 Å². The van der Waals surface area contributed by atoms with E-state index < -0.39 is 0 Å². The molecule has 3 nitrogen and oxygen atoms in total. The van der Waals surface area contributed by atoms with Crippen LogP contribution in [0.2, 0.25) is 5.02 Å². The Morgan fingerprint density at radius 2 is 1.90 bits per heavy atom. The molecule has 112 valence electrons. The monoisotopic (exact) mass is 322 g/mol. The van der Waals surface area contributed by atoms with Gasteiger partial charge in [0.2, 0.25) is 0 Å². The third kappa shape index (κ3) is 2.74. The lowest BCUT2D eigenvalue weighted by molar-refractivity contribution is 0.0345. The number of ether oxygens (including phenoxy) is 1. The van der Waals surface area contributed by atoms with Gasteiger partial charge in [0.15, 0.2) is 0 Å². The Bertz CT molecular complexity index is 581. The van der Waals surface area contributed by atoms with Gasteiger partial charge in [0.25, 0.3) is 0 Å². The summed E-state index contributed by atoms with van der Waals surface area (Å²) in [6.45, 7) is 1.49. The van der Waals surface area contributed by atoms with Gasteiger partial charge < -0.3 is 4.74 Å². The van der Waals surface area contributed by atoms with Crippen LogP contribution in [0.1, 0.15) is 29.3 Å². The maximum atomic E-state index is 6.37. The first-order chi connectivity index (χ1) is 10.3. The topological polar surface area (TPSA) is 47.3 Å². The molecule has 1 aromatic carbocycles. The van der Waals surface area contributed by atoms with Crippen LogP contribution in [0, 0.1) is 0 Å². The van der Waals surface area contributed by atoms with Crippen LogP contribution in [0.5, 0.6) is 0 Å². The number of thiophene rings is 1. The SMILES string of the molecule is NNC(c1sccc1Cl)C1(c2ccccc2)CCOCC1. The molecule has 0 spiro atoms. The van der Waals surface area contributed by atoms with Crippen LogP contribution >= 0.6 is 22.9 Å². The maximum absolute atomic E-state index is 6.37. The first kappa shape index (κ1) is 15.0. The lowest BCUT2D eigenvalue weighted by Crippen LogP contribution is -2.47. The molecule has 1 aromatic heterocycles. The van der Waals surface area contributed by atoms with E-state index in [1.807, 2.05) is 17.5 Å². The number of nitrogens with one attached hydrogen (secondary N) is 1. The average Bonchev–Trinajstić information content (AvgIpc) is 2.96. The highest BCUT2D eigenvalue weighted by molar-refractivity contribution is 7.10. The van der Waals surface area contributed by atoms with Crippen molar-refractivity contribution >= 4 is 22.9 Å². The first-order valence-corrected chi connectivity index (χ1v) is 8.36. The molecular formula is C16H19ClN2OS. The van der Waals surface area contributed by atoms with Crippen molar-refractivity contribution in [3.05, 3.63) is 57.2 Å². The van der Waals surface area contributed by atoms with Gasteiger partial charge >= 0.3 is 0 Å². The third-order valence-electron chi connectivity index (χ3n) is 4.36. The predicted octanol–water partition coefficient (Wildman–Crippen LogP) is 3.65. The van der Waals surface area contributed by atoms with Crippen LogP contribution in [0.3, 0.4) is 0 Å². The zero-order valence-electron chi connectivity index (χ0n) is 11.7. The maximum Gasteiger partial charge on any atom is 0.0666 e. The number of hydrazine groups is 1. The smallest absolute Gasteiger partial charge is 0.0666 e. The van der Waals surface area contributed by atoms with Crippen LogP contribution in [0.4, 0.5) is 0 Å². The summed E-state index contributed by atoms with van der Waals surface area (Å²) < 4.78 is 5.59. The fourth-order valence-electron chi connectivity index (χ4n) is 3.25. The van der Waals surface area contributed by atoms with E-state index in [9.17, 15) is 0 Å². The lowest BCUT2D eigenvalue weighted by Gasteiger charge is -2.43. The number of hydrogen-bond donors (Lipinski definition) is 2. The largest absolute Gasteiger partial charge is 0.381 e. The molecule has 1 aliphatic rings. The normalized spacial score (nSPS) is 19.3. The van der Waals surface area contributed by atoms with Crippen molar-refractivity contribution < 1.29 is 4.74 Å². The van der Waals surface area contributed by atoms with Gasteiger partial charge in [0, 0.05) is 23.5 Å². The predicted molar refractivity (Wildman–Crippen MR) is 87.6 cm³/mol. The van der Waals surface area contributed by atoms with Gasteiger partial charge in [-0.2, -0.15) is 0 Å². The molecule has 1 fully saturated rings. The van der Waals surface area contributed by atoms with Crippen LogP contribution in [0.25, 0.3) is 0 Å². The van der Waals surface area contributed by atoms with E-state index >= 15 is 0 Å². The van der Waals surface area contributed by atoms with Crippen LogP contribution in [-0.4, -0.2) is 13.2 Å². The Morgan fingerprint density at radius 3 is 2.48 bits per heavy atom. The summed E-state index contributed by atoms with van der Waals surface area (Å²) in [4.78, 5) is 1.10. The van der Waals surface area contributed by atoms with Crippen molar-refractivity contribution in [3.63, 3.8) is 0 Å². The molecule has 0 bridgehead atoms. The number of benzene rings is 1. The summed E-state index contributed by atoms with van der Waals surface area (Å²) >= 11 is 8.02. The summed E-state index contributed by atoms with van der Waals surface area (Å²) in [7, 11) is 0. The Hall–Kier alpha value is -0.910. The Balaban J connectivity index is 2.08. The fourth-order valence-corrected chi connectivity index (χ4v) is 4.59. The molecule has 5 heteroatoms. The highest BCUT2D eigenvalue weighted by atomic mass is 35.5. The van der Waals surface area contributed by atoms with Crippen LogP contribution < -0.4 is 11.3 Å². The van der Waals surface area contributed by atoms with Gasteiger partial charge in [-0.3, -0.25) is 11.3 Å². The molecular weight excluding hydrogens is 304 g/mol. The van der Waals surface area contributed by atoms with E-state index in [-0.39, 0.29) is 11.5 Å². The van der Waals surface area contributed by atoms with Crippen LogP contribution in [-0.2, 0) is 10.2 Å². The second-order valence-electron chi connectivity index (χ2n) is 5.37. The minimum atomic E-state index is -0.0806. The Kier molecular flexibility index (Phi) is 4.62. The van der Waals surface area contributed by atoms with Gasteiger partial charge in [0.1, 0.15) is 0 Å². The zero-order valence-corrected chi connectivity index (χ0v) is 13.3. The lowest BCUT2D eigenvalue weighted by atomic mass is 9.68. The quantitative estimate of drug-likeness (QED) is 0.667. The van der Waals surface area contributed by atoms with Crippen molar-refractivity contribution in [1.29, 1.82) is 0 Å². The summed E-state index contributed by atoms with van der Waals surface area (Å²) in [5.41, 5.74) is 4.24. The highest BCUT2D eigenvalue weighted by Crippen LogP contribution is 2.47. The van der Waals surface area contributed by atoms with Crippen molar-refractivity contribution in [2.75, 3.05) is 13.2 Å². The average molecular weight is 323 g/mol.